The number of rotatable bonds is 5. The average molecular weight is 271 g/mol. The maximum Gasteiger partial charge on any atom is 0.240 e. The summed E-state index contributed by atoms with van der Waals surface area (Å²) in [7, 11) is -2.10. The summed E-state index contributed by atoms with van der Waals surface area (Å²) in [6, 6.07) is 5.70. The number of anilines is 1. The van der Waals surface area contributed by atoms with Gasteiger partial charge in [-0.2, -0.15) is 0 Å². The fraction of sp³-hybridized carbons (Fsp3) is 0.364. The first-order chi connectivity index (χ1) is 8.35. The van der Waals surface area contributed by atoms with Gasteiger partial charge in [0, 0.05) is 18.2 Å². The molecule has 1 rings (SSSR count). The van der Waals surface area contributed by atoms with E-state index in [0.29, 0.717) is 5.69 Å². The first-order valence-corrected chi connectivity index (χ1v) is 6.92. The number of amides is 1. The molecule has 0 saturated heterocycles. The Morgan fingerprint density at radius 1 is 1.33 bits per heavy atom. The minimum Gasteiger partial charge on any atom is -0.327 e. The number of carbonyl (C=O) groups excluding carboxylic acids is 1. The molecule has 0 aliphatic rings. The van der Waals surface area contributed by atoms with E-state index in [0.717, 1.165) is 0 Å². The number of benzene rings is 1. The molecule has 1 amide bonds. The zero-order chi connectivity index (χ0) is 13.8. The Bertz CT molecular complexity index is 509. The van der Waals surface area contributed by atoms with Crippen LogP contribution >= 0.6 is 0 Å². The molecule has 1 atom stereocenters. The van der Waals surface area contributed by atoms with E-state index >= 15 is 0 Å². The quantitative estimate of drug-likeness (QED) is 0.715. The van der Waals surface area contributed by atoms with Crippen molar-refractivity contribution in [1.29, 1.82) is 0 Å². The van der Waals surface area contributed by atoms with Gasteiger partial charge in [-0.25, -0.2) is 13.1 Å². The van der Waals surface area contributed by atoms with Gasteiger partial charge in [0.25, 0.3) is 0 Å². The topological polar surface area (TPSA) is 101 Å². The van der Waals surface area contributed by atoms with Crippen molar-refractivity contribution < 1.29 is 13.2 Å². The third-order valence-electron chi connectivity index (χ3n) is 2.22. The van der Waals surface area contributed by atoms with Crippen LogP contribution < -0.4 is 15.8 Å². The van der Waals surface area contributed by atoms with E-state index in [9.17, 15) is 13.2 Å². The van der Waals surface area contributed by atoms with E-state index in [1.807, 2.05) is 0 Å². The summed E-state index contributed by atoms with van der Waals surface area (Å²) in [6.07, 6.45) is 0.219. The summed E-state index contributed by atoms with van der Waals surface area (Å²) in [4.78, 5) is 11.6. The predicted molar refractivity (Wildman–Crippen MR) is 69.6 cm³/mol. The Kier molecular flexibility index (Phi) is 4.83. The molecule has 100 valence electrons. The number of hydrogen-bond donors (Lipinski definition) is 3. The van der Waals surface area contributed by atoms with Crippen molar-refractivity contribution in [3.05, 3.63) is 24.3 Å². The Morgan fingerprint density at radius 3 is 2.33 bits per heavy atom. The first kappa shape index (κ1) is 14.6. The Hall–Kier alpha value is -1.44. The molecule has 6 nitrogen and oxygen atoms in total. The van der Waals surface area contributed by atoms with Crippen molar-refractivity contribution in [2.75, 3.05) is 12.4 Å². The van der Waals surface area contributed by atoms with Gasteiger partial charge >= 0.3 is 0 Å². The molecule has 7 heteroatoms. The number of carbonyl (C=O) groups is 1. The van der Waals surface area contributed by atoms with E-state index in [4.69, 9.17) is 5.73 Å². The van der Waals surface area contributed by atoms with Gasteiger partial charge in [-0.1, -0.05) is 0 Å². The van der Waals surface area contributed by atoms with Crippen LogP contribution in [0.5, 0.6) is 0 Å². The van der Waals surface area contributed by atoms with Crippen LogP contribution in [0.25, 0.3) is 0 Å². The van der Waals surface area contributed by atoms with E-state index in [1.54, 1.807) is 6.92 Å². The number of hydrogen-bond acceptors (Lipinski definition) is 4. The monoisotopic (exact) mass is 271 g/mol. The summed E-state index contributed by atoms with van der Waals surface area (Å²) >= 11 is 0. The first-order valence-electron chi connectivity index (χ1n) is 5.44. The molecule has 1 unspecified atom stereocenters. The largest absolute Gasteiger partial charge is 0.327 e. The smallest absolute Gasteiger partial charge is 0.240 e. The molecule has 0 bridgehead atoms. The van der Waals surface area contributed by atoms with Gasteiger partial charge in [0.15, 0.2) is 0 Å². The van der Waals surface area contributed by atoms with Crippen LogP contribution in [-0.4, -0.2) is 27.4 Å². The van der Waals surface area contributed by atoms with E-state index in [2.05, 4.69) is 10.0 Å². The van der Waals surface area contributed by atoms with E-state index < -0.39 is 10.0 Å². The van der Waals surface area contributed by atoms with Gasteiger partial charge < -0.3 is 11.1 Å². The lowest BCUT2D eigenvalue weighted by molar-refractivity contribution is -0.116. The molecular weight excluding hydrogens is 254 g/mol. The number of nitrogens with two attached hydrogens (primary N) is 1. The van der Waals surface area contributed by atoms with Crippen LogP contribution in [0, 0.1) is 0 Å². The molecule has 0 aromatic heterocycles. The second-order valence-corrected chi connectivity index (χ2v) is 5.85. The minimum atomic E-state index is -3.45. The standard InChI is InChI=1S/C11H17N3O3S/c1-8(12)7-11(15)14-9-3-5-10(6-4-9)18(16,17)13-2/h3-6,8,13H,7,12H2,1-2H3,(H,14,15). The third-order valence-corrected chi connectivity index (χ3v) is 3.65. The van der Waals surface area contributed by atoms with Gasteiger partial charge in [-0.05, 0) is 38.2 Å². The number of sulfonamides is 1. The zero-order valence-corrected chi connectivity index (χ0v) is 11.1. The Balaban J connectivity index is 2.75. The van der Waals surface area contributed by atoms with Crippen LogP contribution in [0.1, 0.15) is 13.3 Å². The maximum atomic E-state index is 11.5. The fourth-order valence-electron chi connectivity index (χ4n) is 1.34. The van der Waals surface area contributed by atoms with Crippen molar-refractivity contribution in [2.24, 2.45) is 5.73 Å². The molecule has 0 radical (unpaired) electrons. The molecule has 0 heterocycles. The second-order valence-electron chi connectivity index (χ2n) is 3.96. The molecule has 0 aliphatic heterocycles. The normalized spacial score (nSPS) is 13.1. The fourth-order valence-corrected chi connectivity index (χ4v) is 2.07. The van der Waals surface area contributed by atoms with Crippen LogP contribution in [0.15, 0.2) is 29.2 Å². The molecular formula is C11H17N3O3S. The lowest BCUT2D eigenvalue weighted by Crippen LogP contribution is -2.24. The number of nitrogens with one attached hydrogen (secondary N) is 2. The molecule has 0 saturated carbocycles. The third kappa shape index (κ3) is 4.10. The summed E-state index contributed by atoms with van der Waals surface area (Å²) in [5.41, 5.74) is 6.04. The molecule has 18 heavy (non-hydrogen) atoms. The van der Waals surface area contributed by atoms with Gasteiger partial charge in [-0.3, -0.25) is 4.79 Å². The van der Waals surface area contributed by atoms with Crippen LogP contribution in [0.3, 0.4) is 0 Å². The van der Waals surface area contributed by atoms with E-state index in [-0.39, 0.29) is 23.3 Å². The van der Waals surface area contributed by atoms with E-state index in [1.165, 1.54) is 31.3 Å². The zero-order valence-electron chi connectivity index (χ0n) is 10.3. The highest BCUT2D eigenvalue weighted by molar-refractivity contribution is 7.89. The highest BCUT2D eigenvalue weighted by Crippen LogP contribution is 2.13. The molecule has 1 aromatic rings. The highest BCUT2D eigenvalue weighted by atomic mass is 32.2. The van der Waals surface area contributed by atoms with Crippen LogP contribution in [-0.2, 0) is 14.8 Å². The summed E-state index contributed by atoms with van der Waals surface area (Å²) in [6.45, 7) is 1.74. The summed E-state index contributed by atoms with van der Waals surface area (Å²) in [5.74, 6) is -0.200. The molecule has 0 aliphatic carbocycles. The van der Waals surface area contributed by atoms with Crippen LogP contribution in [0.4, 0.5) is 5.69 Å². The van der Waals surface area contributed by atoms with Gasteiger partial charge in [-0.15, -0.1) is 0 Å². The molecule has 4 N–H and O–H groups in total. The Morgan fingerprint density at radius 2 is 1.89 bits per heavy atom. The lowest BCUT2D eigenvalue weighted by Gasteiger charge is -2.08. The van der Waals surface area contributed by atoms with Crippen molar-refractivity contribution in [2.45, 2.75) is 24.3 Å². The SMILES string of the molecule is CNS(=O)(=O)c1ccc(NC(=O)CC(C)N)cc1. The summed E-state index contributed by atoms with van der Waals surface area (Å²) in [5, 5.41) is 2.64. The van der Waals surface area contributed by atoms with Gasteiger partial charge in [0.1, 0.15) is 0 Å². The predicted octanol–water partition coefficient (Wildman–Crippen LogP) is 0.271. The van der Waals surface area contributed by atoms with Crippen LogP contribution in [0.2, 0.25) is 0 Å². The Labute approximate surface area is 107 Å². The molecule has 0 fully saturated rings. The molecule has 1 aromatic carbocycles. The summed E-state index contributed by atoms with van der Waals surface area (Å²) < 4.78 is 25.1. The van der Waals surface area contributed by atoms with Crippen molar-refractivity contribution in [1.82, 2.24) is 4.72 Å². The lowest BCUT2D eigenvalue weighted by atomic mass is 10.2. The van der Waals surface area contributed by atoms with Gasteiger partial charge in [0.2, 0.25) is 15.9 Å². The van der Waals surface area contributed by atoms with Gasteiger partial charge in [0.05, 0.1) is 4.90 Å². The average Bonchev–Trinajstić information content (AvgIpc) is 2.28. The minimum absolute atomic E-state index is 0.148. The molecule has 0 spiro atoms. The highest BCUT2D eigenvalue weighted by Gasteiger charge is 2.11. The maximum absolute atomic E-state index is 11.5. The second kappa shape index (κ2) is 5.94. The van der Waals surface area contributed by atoms with Crippen molar-refractivity contribution in [3.63, 3.8) is 0 Å². The van der Waals surface area contributed by atoms with Crippen molar-refractivity contribution >= 4 is 21.6 Å². The van der Waals surface area contributed by atoms with Crippen molar-refractivity contribution in [3.8, 4) is 0 Å².